The van der Waals surface area contributed by atoms with Crippen LogP contribution >= 0.6 is 7.60 Å². The number of Topliss-reactive ketones (excluding diaryl/α,β-unsaturated/α-hetero) is 1. The normalized spacial score (nSPS) is 37.1. The first-order chi connectivity index (χ1) is 20.5. The molecule has 10 heteroatoms. The third-order valence-corrected chi connectivity index (χ3v) is 11.7. The molecule has 10 atom stereocenters. The summed E-state index contributed by atoms with van der Waals surface area (Å²) in [5.74, 6) is 0.989. The smallest absolute Gasteiger partial charge is 0.352 e. The van der Waals surface area contributed by atoms with Gasteiger partial charge in [0.15, 0.2) is 18.2 Å². The molecule has 4 aliphatic heterocycles. The van der Waals surface area contributed by atoms with Crippen LogP contribution in [0.1, 0.15) is 85.1 Å². The molecular weight excluding hydrogens is 571 g/mol. The highest BCUT2D eigenvalue weighted by Gasteiger charge is 2.69. The lowest BCUT2D eigenvalue weighted by atomic mass is 9.58. The minimum atomic E-state index is -3.40. The predicted octanol–water partition coefficient (Wildman–Crippen LogP) is 7.37. The average Bonchev–Trinajstić information content (AvgIpc) is 3.22. The number of carbonyl (C=O) groups is 1. The van der Waals surface area contributed by atoms with Crippen molar-refractivity contribution in [3.05, 3.63) is 47.8 Å². The van der Waals surface area contributed by atoms with E-state index in [4.69, 9.17) is 33.0 Å². The number of carbonyl (C=O) groups excluding carboxylic acids is 1. The Labute approximate surface area is 256 Å². The molecule has 4 saturated heterocycles. The summed E-state index contributed by atoms with van der Waals surface area (Å²) in [7, 11) is -3.40. The van der Waals surface area contributed by atoms with Crippen molar-refractivity contribution in [2.45, 2.75) is 104 Å². The highest BCUT2D eigenvalue weighted by atomic mass is 31.2. The van der Waals surface area contributed by atoms with Gasteiger partial charge in [-0.3, -0.25) is 9.36 Å². The molecule has 1 saturated carbocycles. The van der Waals surface area contributed by atoms with Crippen molar-refractivity contribution in [2.75, 3.05) is 19.8 Å². The molecule has 5 aliphatic rings. The maximum absolute atomic E-state index is 13.5. The summed E-state index contributed by atoms with van der Waals surface area (Å²) in [6.07, 6.45) is 4.72. The van der Waals surface area contributed by atoms with Gasteiger partial charge >= 0.3 is 7.60 Å². The zero-order valence-corrected chi connectivity index (χ0v) is 27.3. The molecule has 1 aliphatic carbocycles. The molecule has 1 spiro atoms. The molecule has 0 aromatic heterocycles. The maximum Gasteiger partial charge on any atom is 0.353 e. The molecule has 1 aromatic carbocycles. The van der Waals surface area contributed by atoms with E-state index in [2.05, 4.69) is 13.8 Å². The summed E-state index contributed by atoms with van der Waals surface area (Å²) in [4.78, 5) is 25.7. The van der Waals surface area contributed by atoms with Crippen molar-refractivity contribution < 1.29 is 42.4 Å². The fraction of sp³-hybridized carbons (Fsp3) is 0.727. The highest BCUT2D eigenvalue weighted by molar-refractivity contribution is 7.57. The van der Waals surface area contributed by atoms with Crippen LogP contribution in [-0.2, 0) is 42.4 Å². The van der Waals surface area contributed by atoms with E-state index in [1.54, 1.807) is 19.9 Å². The van der Waals surface area contributed by atoms with Gasteiger partial charge in [-0.25, -0.2) is 9.78 Å². The first kappa shape index (κ1) is 33.0. The van der Waals surface area contributed by atoms with Crippen LogP contribution in [-0.4, -0.2) is 49.6 Å². The summed E-state index contributed by atoms with van der Waals surface area (Å²) in [5.41, 5.74) is 0.304. The lowest BCUT2D eigenvalue weighted by Gasteiger charge is -2.60. The number of fused-ring (bicyclic) bond motifs is 2. The number of hydrogen-bond donors (Lipinski definition) is 0. The molecule has 9 nitrogen and oxygen atoms in total. The molecule has 0 amide bonds. The van der Waals surface area contributed by atoms with E-state index in [-0.39, 0.29) is 61.6 Å². The second-order valence-electron chi connectivity index (χ2n) is 12.9. The van der Waals surface area contributed by atoms with Gasteiger partial charge in [0.25, 0.3) is 0 Å². The number of rotatable bonds is 13. The minimum absolute atomic E-state index is 0.0366. The topological polar surface area (TPSA) is 98.8 Å². The third kappa shape index (κ3) is 6.75. The monoisotopic (exact) mass is 620 g/mol. The van der Waals surface area contributed by atoms with E-state index in [0.717, 1.165) is 31.2 Å². The average molecular weight is 621 g/mol. The Hall–Kier alpha value is -1.42. The number of allylic oxidation sites excluding steroid dienone is 1. The highest BCUT2D eigenvalue weighted by Crippen LogP contribution is 2.60. The second kappa shape index (κ2) is 13.5. The van der Waals surface area contributed by atoms with Gasteiger partial charge in [0.1, 0.15) is 5.78 Å². The van der Waals surface area contributed by atoms with Crippen molar-refractivity contribution >= 4 is 13.4 Å². The molecule has 2 bridgehead atoms. The van der Waals surface area contributed by atoms with Crippen LogP contribution in [0.25, 0.3) is 0 Å². The third-order valence-electron chi connectivity index (χ3n) is 9.93. The van der Waals surface area contributed by atoms with Crippen LogP contribution in [0, 0.1) is 29.6 Å². The van der Waals surface area contributed by atoms with Crippen molar-refractivity contribution in [3.63, 3.8) is 0 Å². The van der Waals surface area contributed by atoms with Crippen molar-refractivity contribution in [1.29, 1.82) is 0 Å². The fourth-order valence-corrected chi connectivity index (χ4v) is 8.89. The Kier molecular flexibility index (Phi) is 10.4. The van der Waals surface area contributed by atoms with Crippen molar-refractivity contribution in [2.24, 2.45) is 29.6 Å². The standard InChI is InChI=1S/C33H49O9P/c1-7-37-43(35,38-8-2)19-17-26(25-12-10-9-11-13-25)20-29(34)23(4)21-36-30-24(5)28-15-14-22(3)27-16-18-32(6)40-31(39-30)33(27,28)42-41-32/h9-13,17,19,22-24,26-28,30-31H,7-8,14-16,18,20-21H2,1-6H3/b19-17+/t22-,23+,24-,26?,27+,28+,30+,31-,32-,33-/m1/s1. The lowest BCUT2D eigenvalue weighted by molar-refractivity contribution is -0.577. The Balaban J connectivity index is 1.26. The molecule has 4 heterocycles. The number of ketones is 1. The minimum Gasteiger partial charge on any atom is -0.352 e. The van der Waals surface area contributed by atoms with Crippen molar-refractivity contribution in [3.8, 4) is 0 Å². The number of ether oxygens (including phenoxy) is 3. The Morgan fingerprint density at radius 2 is 1.79 bits per heavy atom. The van der Waals surface area contributed by atoms with E-state index >= 15 is 0 Å². The molecule has 0 radical (unpaired) electrons. The number of hydrogen-bond acceptors (Lipinski definition) is 9. The predicted molar refractivity (Wildman–Crippen MR) is 161 cm³/mol. The van der Waals surface area contributed by atoms with Gasteiger partial charge in [-0.1, -0.05) is 57.2 Å². The van der Waals surface area contributed by atoms with E-state index in [9.17, 15) is 9.36 Å². The first-order valence-electron chi connectivity index (χ1n) is 16.0. The van der Waals surface area contributed by atoms with E-state index in [1.165, 1.54) is 5.82 Å². The number of benzene rings is 1. The van der Waals surface area contributed by atoms with Gasteiger partial charge in [-0.2, -0.15) is 0 Å². The summed E-state index contributed by atoms with van der Waals surface area (Å²) < 4.78 is 43.3. The quantitative estimate of drug-likeness (QED) is 0.165. The molecule has 240 valence electrons. The summed E-state index contributed by atoms with van der Waals surface area (Å²) in [6.45, 7) is 12.5. The first-order valence-corrected chi connectivity index (χ1v) is 17.6. The van der Waals surface area contributed by atoms with E-state index in [0.29, 0.717) is 5.92 Å². The van der Waals surface area contributed by atoms with Gasteiger partial charge in [0, 0.05) is 42.3 Å². The van der Waals surface area contributed by atoms with Crippen LogP contribution in [0.3, 0.4) is 0 Å². The fourth-order valence-electron chi connectivity index (χ4n) is 7.50. The van der Waals surface area contributed by atoms with Gasteiger partial charge in [-0.15, -0.1) is 0 Å². The van der Waals surface area contributed by atoms with Crippen LogP contribution in [0.4, 0.5) is 0 Å². The van der Waals surface area contributed by atoms with Crippen LogP contribution < -0.4 is 0 Å². The van der Waals surface area contributed by atoms with E-state index < -0.39 is 31.6 Å². The van der Waals surface area contributed by atoms with Crippen molar-refractivity contribution in [1.82, 2.24) is 0 Å². The van der Waals surface area contributed by atoms with Crippen LogP contribution in [0.15, 0.2) is 42.2 Å². The van der Waals surface area contributed by atoms with Gasteiger partial charge < -0.3 is 23.3 Å². The maximum atomic E-state index is 13.5. The second-order valence-corrected chi connectivity index (χ2v) is 14.8. The summed E-state index contributed by atoms with van der Waals surface area (Å²) in [6, 6.07) is 9.73. The Bertz CT molecular complexity index is 1170. The van der Waals surface area contributed by atoms with Crippen LogP contribution in [0.2, 0.25) is 0 Å². The van der Waals surface area contributed by atoms with Gasteiger partial charge in [-0.05, 0) is 57.4 Å². The van der Waals surface area contributed by atoms with E-state index in [1.807, 2.05) is 44.2 Å². The molecule has 6 rings (SSSR count). The van der Waals surface area contributed by atoms with Gasteiger partial charge in [0.05, 0.1) is 19.8 Å². The summed E-state index contributed by atoms with van der Waals surface area (Å²) >= 11 is 0. The molecule has 0 N–H and O–H groups in total. The Morgan fingerprint density at radius 3 is 2.49 bits per heavy atom. The Morgan fingerprint density at radius 1 is 1.07 bits per heavy atom. The lowest BCUT2D eigenvalue weighted by Crippen LogP contribution is -2.70. The van der Waals surface area contributed by atoms with Crippen LogP contribution in [0.5, 0.6) is 0 Å². The van der Waals surface area contributed by atoms with Gasteiger partial charge in [0.2, 0.25) is 5.79 Å². The SMILES string of the molecule is CCOP(=O)(/C=C/C(CC(=O)[C@@H](C)CO[C@H]1O[C@@H]2O[C@@]3(C)CC[C@H]4[C@H](C)CC[C@@H]([C@H]1C)[C@@]24OO3)c1ccccc1)OCC. The molecular formula is C33H49O9P. The molecule has 1 unspecified atom stereocenters. The molecule has 1 aromatic rings. The molecule has 5 fully saturated rings. The summed E-state index contributed by atoms with van der Waals surface area (Å²) in [5, 5.41) is 0. The zero-order chi connectivity index (χ0) is 30.8. The molecule has 43 heavy (non-hydrogen) atoms. The largest absolute Gasteiger partial charge is 0.353 e. The zero-order valence-electron chi connectivity index (χ0n) is 26.4.